The maximum absolute atomic E-state index is 13.1. The van der Waals surface area contributed by atoms with Crippen LogP contribution in [-0.2, 0) is 11.8 Å². The van der Waals surface area contributed by atoms with Gasteiger partial charge in [0.15, 0.2) is 0 Å². The number of anilines is 1. The Morgan fingerprint density at radius 2 is 1.61 bits per heavy atom. The van der Waals surface area contributed by atoms with Gasteiger partial charge >= 0.3 is 6.01 Å². The van der Waals surface area contributed by atoms with Gasteiger partial charge in [-0.25, -0.2) is 0 Å². The van der Waals surface area contributed by atoms with Crippen LogP contribution in [0.1, 0.15) is 22.7 Å². The van der Waals surface area contributed by atoms with Gasteiger partial charge in [0.05, 0.1) is 5.92 Å². The summed E-state index contributed by atoms with van der Waals surface area (Å²) in [7, 11) is 1.84. The molecule has 140 valence electrons. The number of carbonyl (C=O) groups excluding carboxylic acids is 1. The van der Waals surface area contributed by atoms with E-state index in [2.05, 4.69) is 20.6 Å². The Balaban J connectivity index is 1.60. The lowest BCUT2D eigenvalue weighted by molar-refractivity contribution is -0.116. The molecule has 0 aliphatic rings. The summed E-state index contributed by atoms with van der Waals surface area (Å²) >= 11 is 0. The number of aromatic nitrogens is 4. The molecule has 0 saturated heterocycles. The molecule has 4 aromatic rings. The zero-order valence-electron chi connectivity index (χ0n) is 15.5. The first-order valence-electron chi connectivity index (χ1n) is 8.87. The van der Waals surface area contributed by atoms with Gasteiger partial charge in [0.25, 0.3) is 5.89 Å². The quantitative estimate of drug-likeness (QED) is 0.578. The van der Waals surface area contributed by atoms with Gasteiger partial charge in [-0.3, -0.25) is 14.8 Å². The Kier molecular flexibility index (Phi) is 4.72. The molecule has 7 heteroatoms. The SMILES string of the molecule is Cc1cc(-c2nnc(NC(=O)C(c3ccccc3)c3ccccc3)o2)nn1C. The first-order chi connectivity index (χ1) is 13.6. The molecule has 0 radical (unpaired) electrons. The summed E-state index contributed by atoms with van der Waals surface area (Å²) < 4.78 is 7.32. The van der Waals surface area contributed by atoms with Gasteiger partial charge in [-0.1, -0.05) is 65.8 Å². The molecule has 1 amide bonds. The second-order valence-electron chi connectivity index (χ2n) is 6.45. The van der Waals surface area contributed by atoms with E-state index in [0.717, 1.165) is 16.8 Å². The lowest BCUT2D eigenvalue weighted by Crippen LogP contribution is -2.22. The van der Waals surface area contributed by atoms with E-state index in [-0.39, 0.29) is 17.8 Å². The van der Waals surface area contributed by atoms with E-state index in [4.69, 9.17) is 4.42 Å². The van der Waals surface area contributed by atoms with Crippen LogP contribution in [0.4, 0.5) is 6.01 Å². The van der Waals surface area contributed by atoms with Gasteiger partial charge in [-0.2, -0.15) is 5.10 Å². The Morgan fingerprint density at radius 1 is 1.00 bits per heavy atom. The van der Waals surface area contributed by atoms with E-state index in [1.807, 2.05) is 80.7 Å². The zero-order valence-corrected chi connectivity index (χ0v) is 15.5. The first-order valence-corrected chi connectivity index (χ1v) is 8.87. The highest BCUT2D eigenvalue weighted by Gasteiger charge is 2.24. The van der Waals surface area contributed by atoms with Crippen LogP contribution in [0.3, 0.4) is 0 Å². The number of aryl methyl sites for hydroxylation is 2. The van der Waals surface area contributed by atoms with Crippen LogP contribution < -0.4 is 5.32 Å². The zero-order chi connectivity index (χ0) is 19.5. The van der Waals surface area contributed by atoms with E-state index in [1.54, 1.807) is 4.68 Å². The van der Waals surface area contributed by atoms with E-state index in [1.165, 1.54) is 0 Å². The molecule has 2 heterocycles. The molecule has 2 aromatic carbocycles. The lowest BCUT2D eigenvalue weighted by Gasteiger charge is -2.16. The minimum Gasteiger partial charge on any atom is -0.401 e. The third-order valence-electron chi connectivity index (χ3n) is 4.52. The van der Waals surface area contributed by atoms with Gasteiger partial charge < -0.3 is 4.42 Å². The lowest BCUT2D eigenvalue weighted by atomic mass is 9.90. The predicted octanol–water partition coefficient (Wildman–Crippen LogP) is 3.55. The number of amides is 1. The summed E-state index contributed by atoms with van der Waals surface area (Å²) in [5.41, 5.74) is 3.29. The third-order valence-corrected chi connectivity index (χ3v) is 4.52. The maximum Gasteiger partial charge on any atom is 0.322 e. The average molecular weight is 373 g/mol. The topological polar surface area (TPSA) is 85.8 Å². The number of nitrogens with one attached hydrogen (secondary N) is 1. The second kappa shape index (κ2) is 7.48. The van der Waals surface area contributed by atoms with Crippen LogP contribution >= 0.6 is 0 Å². The van der Waals surface area contributed by atoms with Crippen molar-refractivity contribution in [2.45, 2.75) is 12.8 Å². The van der Waals surface area contributed by atoms with Crippen molar-refractivity contribution in [2.75, 3.05) is 5.32 Å². The molecule has 0 unspecified atom stereocenters. The monoisotopic (exact) mass is 373 g/mol. The molecule has 7 nitrogen and oxygen atoms in total. The maximum atomic E-state index is 13.1. The fourth-order valence-corrected chi connectivity index (χ4v) is 3.01. The number of rotatable bonds is 5. The summed E-state index contributed by atoms with van der Waals surface area (Å²) in [6, 6.07) is 21.1. The Labute approximate surface area is 162 Å². The number of hydrogen-bond donors (Lipinski definition) is 1. The molecule has 28 heavy (non-hydrogen) atoms. The highest BCUT2D eigenvalue weighted by Crippen LogP contribution is 2.27. The van der Waals surface area contributed by atoms with E-state index in [9.17, 15) is 4.79 Å². The summed E-state index contributed by atoms with van der Waals surface area (Å²) in [6.45, 7) is 1.93. The van der Waals surface area contributed by atoms with Crippen LogP contribution in [0, 0.1) is 6.92 Å². The van der Waals surface area contributed by atoms with Crippen LogP contribution in [0.2, 0.25) is 0 Å². The smallest absolute Gasteiger partial charge is 0.322 e. The molecule has 1 N–H and O–H groups in total. The summed E-state index contributed by atoms with van der Waals surface area (Å²) in [5.74, 6) is -0.477. The molecule has 0 aliphatic heterocycles. The normalized spacial score (nSPS) is 11.0. The van der Waals surface area contributed by atoms with Gasteiger partial charge in [0, 0.05) is 12.7 Å². The Morgan fingerprint density at radius 3 is 2.14 bits per heavy atom. The van der Waals surface area contributed by atoms with Gasteiger partial charge in [-0.05, 0) is 24.1 Å². The molecule has 0 aliphatic carbocycles. The van der Waals surface area contributed by atoms with Crippen molar-refractivity contribution < 1.29 is 9.21 Å². The van der Waals surface area contributed by atoms with Gasteiger partial charge in [0.2, 0.25) is 5.91 Å². The van der Waals surface area contributed by atoms with Crippen molar-refractivity contribution in [1.82, 2.24) is 20.0 Å². The molecular formula is C21H19N5O2. The number of hydrogen-bond acceptors (Lipinski definition) is 5. The number of carbonyl (C=O) groups is 1. The standard InChI is InChI=1S/C21H19N5O2/c1-14-13-17(25-26(14)2)20-23-24-21(28-20)22-19(27)18(15-9-5-3-6-10-15)16-11-7-4-8-12-16/h3-13,18H,1-2H3,(H,22,24,27). The van der Waals surface area contributed by atoms with Crippen molar-refractivity contribution >= 4 is 11.9 Å². The molecular weight excluding hydrogens is 354 g/mol. The van der Waals surface area contributed by atoms with Gasteiger partial charge in [0.1, 0.15) is 5.69 Å². The average Bonchev–Trinajstić information content (AvgIpc) is 3.30. The Hall–Kier alpha value is -3.74. The van der Waals surface area contributed by atoms with Crippen molar-refractivity contribution in [1.29, 1.82) is 0 Å². The van der Waals surface area contributed by atoms with E-state index < -0.39 is 5.92 Å². The molecule has 2 aromatic heterocycles. The largest absolute Gasteiger partial charge is 0.401 e. The van der Waals surface area contributed by atoms with Crippen LogP contribution in [0.5, 0.6) is 0 Å². The van der Waals surface area contributed by atoms with E-state index >= 15 is 0 Å². The van der Waals surface area contributed by atoms with Crippen LogP contribution in [0.25, 0.3) is 11.6 Å². The van der Waals surface area contributed by atoms with Crippen molar-refractivity contribution in [2.24, 2.45) is 7.05 Å². The highest BCUT2D eigenvalue weighted by atomic mass is 16.4. The molecule has 0 atom stereocenters. The number of benzene rings is 2. The molecule has 0 bridgehead atoms. The van der Waals surface area contributed by atoms with Crippen molar-refractivity contribution in [3.8, 4) is 11.6 Å². The molecule has 4 rings (SSSR count). The fourth-order valence-electron chi connectivity index (χ4n) is 3.01. The molecule has 0 fully saturated rings. The minimum atomic E-state index is -0.491. The third kappa shape index (κ3) is 3.55. The summed E-state index contributed by atoms with van der Waals surface area (Å²) in [4.78, 5) is 13.1. The first kappa shape index (κ1) is 17.7. The van der Waals surface area contributed by atoms with Crippen molar-refractivity contribution in [3.63, 3.8) is 0 Å². The predicted molar refractivity (Wildman–Crippen MR) is 105 cm³/mol. The van der Waals surface area contributed by atoms with Crippen LogP contribution in [-0.4, -0.2) is 25.9 Å². The summed E-state index contributed by atoms with van der Waals surface area (Å²) in [6.07, 6.45) is 0. The minimum absolute atomic E-state index is 0.0418. The Bertz CT molecular complexity index is 1030. The van der Waals surface area contributed by atoms with E-state index in [0.29, 0.717) is 5.69 Å². The fraction of sp³-hybridized carbons (Fsp3) is 0.143. The molecule has 0 saturated carbocycles. The number of nitrogens with zero attached hydrogens (tertiary/aromatic N) is 4. The van der Waals surface area contributed by atoms with Crippen LogP contribution in [0.15, 0.2) is 71.1 Å². The van der Waals surface area contributed by atoms with Crippen molar-refractivity contribution in [3.05, 3.63) is 83.6 Å². The highest BCUT2D eigenvalue weighted by molar-refractivity contribution is 5.96. The second-order valence-corrected chi connectivity index (χ2v) is 6.45. The van der Waals surface area contributed by atoms with Gasteiger partial charge in [-0.15, -0.1) is 5.10 Å². The molecule has 0 spiro atoms. The summed E-state index contributed by atoms with van der Waals surface area (Å²) in [5, 5.41) is 15.0.